The fourth-order valence-corrected chi connectivity index (χ4v) is 2.66. The van der Waals surface area contributed by atoms with Crippen LogP contribution in [0.2, 0.25) is 0 Å². The third-order valence-electron chi connectivity index (χ3n) is 3.90. The van der Waals surface area contributed by atoms with Gasteiger partial charge >= 0.3 is 0 Å². The number of rotatable bonds is 4. The van der Waals surface area contributed by atoms with Crippen LogP contribution in [0.3, 0.4) is 0 Å². The number of aryl methyl sites for hydroxylation is 1. The summed E-state index contributed by atoms with van der Waals surface area (Å²) in [6.45, 7) is 3.89. The van der Waals surface area contributed by atoms with Crippen LogP contribution in [0.5, 0.6) is 0 Å². The van der Waals surface area contributed by atoms with Crippen molar-refractivity contribution in [2.45, 2.75) is 25.1 Å². The second-order valence-corrected chi connectivity index (χ2v) is 6.72. The van der Waals surface area contributed by atoms with Crippen molar-refractivity contribution >= 4 is 38.6 Å². The van der Waals surface area contributed by atoms with Crippen LogP contribution in [-0.2, 0) is 4.79 Å². The Balaban J connectivity index is 2.11. The number of nitrogens with zero attached hydrogens (tertiary/aromatic N) is 4. The number of benzene rings is 1. The van der Waals surface area contributed by atoms with Gasteiger partial charge in [-0.15, -0.1) is 0 Å². The van der Waals surface area contributed by atoms with Gasteiger partial charge in [0.05, 0.1) is 16.5 Å². The number of halogens is 1. The Bertz CT molecular complexity index is 989. The van der Waals surface area contributed by atoms with Gasteiger partial charge in [0.1, 0.15) is 11.6 Å². The van der Waals surface area contributed by atoms with Gasteiger partial charge in [-0.3, -0.25) is 4.79 Å². The van der Waals surface area contributed by atoms with Gasteiger partial charge in [-0.25, -0.2) is 4.98 Å². The quantitative estimate of drug-likeness (QED) is 0.679. The van der Waals surface area contributed by atoms with Crippen molar-refractivity contribution < 1.29 is 4.79 Å². The summed E-state index contributed by atoms with van der Waals surface area (Å²) in [7, 11) is 0. The number of carbonyl (C=O) groups excluding carboxylic acids is 1. The molecule has 0 aliphatic rings. The summed E-state index contributed by atoms with van der Waals surface area (Å²) in [4.78, 5) is 16.5. The molecule has 25 heavy (non-hydrogen) atoms. The summed E-state index contributed by atoms with van der Waals surface area (Å²) in [5.74, 6) is 0.654. The molecule has 3 rings (SSSR count). The number of pyridine rings is 1. The van der Waals surface area contributed by atoms with Crippen molar-refractivity contribution in [3.8, 4) is 11.9 Å². The molecule has 1 aromatic carbocycles. The molecule has 3 aromatic rings. The van der Waals surface area contributed by atoms with E-state index < -0.39 is 0 Å². The fraction of sp³-hybridized carbons (Fsp3) is 0.222. The number of hydrogen-bond acceptors (Lipinski definition) is 4. The standard InChI is InChI=1S/C18H16BrN5O/c1-3-14(19)18(25)23-17-12(9-20)10-21-24(17)16-8-11(2)13-6-4-5-7-15(13)22-16/h4-8,10,14H,3H2,1-2H3,(H,23,25). The molecule has 1 N–H and O–H groups in total. The van der Waals surface area contributed by atoms with E-state index in [0.29, 0.717) is 18.1 Å². The molecule has 0 aliphatic heterocycles. The summed E-state index contributed by atoms with van der Waals surface area (Å²) in [6.07, 6.45) is 2.06. The van der Waals surface area contributed by atoms with Crippen molar-refractivity contribution in [3.05, 3.63) is 47.7 Å². The molecule has 0 saturated heterocycles. The fourth-order valence-electron chi connectivity index (χ4n) is 2.54. The lowest BCUT2D eigenvalue weighted by Crippen LogP contribution is -2.24. The predicted octanol–water partition coefficient (Wildman–Crippen LogP) is 3.71. The number of nitriles is 1. The average Bonchev–Trinajstić information content (AvgIpc) is 3.03. The van der Waals surface area contributed by atoms with E-state index in [4.69, 9.17) is 0 Å². The van der Waals surface area contributed by atoms with Gasteiger partial charge in [-0.05, 0) is 31.0 Å². The molecule has 0 radical (unpaired) electrons. The van der Waals surface area contributed by atoms with Gasteiger partial charge in [0.15, 0.2) is 11.6 Å². The number of anilines is 1. The van der Waals surface area contributed by atoms with Gasteiger partial charge in [-0.2, -0.15) is 15.0 Å². The molecule has 6 nitrogen and oxygen atoms in total. The molecule has 0 spiro atoms. The molecule has 1 unspecified atom stereocenters. The van der Waals surface area contributed by atoms with E-state index in [-0.39, 0.29) is 16.3 Å². The van der Waals surface area contributed by atoms with Crippen molar-refractivity contribution in [3.63, 3.8) is 0 Å². The molecule has 0 bridgehead atoms. The number of aromatic nitrogens is 3. The summed E-state index contributed by atoms with van der Waals surface area (Å²) in [6, 6.07) is 11.8. The Kier molecular flexibility index (Phi) is 4.81. The van der Waals surface area contributed by atoms with Crippen LogP contribution < -0.4 is 5.32 Å². The molecule has 2 heterocycles. The normalized spacial score (nSPS) is 11.9. The predicted molar refractivity (Wildman–Crippen MR) is 100.0 cm³/mol. The van der Waals surface area contributed by atoms with E-state index >= 15 is 0 Å². The summed E-state index contributed by atoms with van der Waals surface area (Å²) >= 11 is 3.32. The van der Waals surface area contributed by atoms with Crippen molar-refractivity contribution in [2.24, 2.45) is 0 Å². The first kappa shape index (κ1) is 17.1. The van der Waals surface area contributed by atoms with Crippen LogP contribution in [0.15, 0.2) is 36.5 Å². The first-order valence-corrected chi connectivity index (χ1v) is 8.76. The third kappa shape index (κ3) is 3.26. The highest BCUT2D eigenvalue weighted by Gasteiger charge is 2.20. The van der Waals surface area contributed by atoms with Crippen molar-refractivity contribution in [1.29, 1.82) is 5.26 Å². The highest BCUT2D eigenvalue weighted by atomic mass is 79.9. The topological polar surface area (TPSA) is 83.6 Å². The average molecular weight is 398 g/mol. The Morgan fingerprint density at radius 1 is 1.44 bits per heavy atom. The lowest BCUT2D eigenvalue weighted by atomic mass is 10.1. The zero-order chi connectivity index (χ0) is 18.0. The number of hydrogen-bond donors (Lipinski definition) is 1. The highest BCUT2D eigenvalue weighted by Crippen LogP contribution is 2.24. The molecular formula is C18H16BrN5O. The number of para-hydroxylation sites is 1. The van der Waals surface area contributed by atoms with Gasteiger partial charge in [0.2, 0.25) is 5.91 Å². The van der Waals surface area contributed by atoms with E-state index in [1.807, 2.05) is 44.2 Å². The number of amides is 1. The van der Waals surface area contributed by atoms with Crippen LogP contribution in [-0.4, -0.2) is 25.5 Å². The maximum Gasteiger partial charge on any atom is 0.239 e. The van der Waals surface area contributed by atoms with Crippen LogP contribution in [0, 0.1) is 18.3 Å². The molecule has 7 heteroatoms. The van der Waals surface area contributed by atoms with E-state index in [1.165, 1.54) is 10.9 Å². The van der Waals surface area contributed by atoms with E-state index in [0.717, 1.165) is 16.5 Å². The monoisotopic (exact) mass is 397 g/mol. The SMILES string of the molecule is CCC(Br)C(=O)Nc1c(C#N)cnn1-c1cc(C)c2ccccc2n1. The molecule has 1 atom stereocenters. The van der Waals surface area contributed by atoms with Gasteiger partial charge < -0.3 is 5.32 Å². The molecule has 126 valence electrons. The Hall–Kier alpha value is -2.72. The minimum absolute atomic E-state index is 0.224. The van der Waals surface area contributed by atoms with Gasteiger partial charge in [0, 0.05) is 5.39 Å². The maximum atomic E-state index is 12.2. The molecule has 2 aromatic heterocycles. The Labute approximate surface area is 153 Å². The summed E-state index contributed by atoms with van der Waals surface area (Å²) < 4.78 is 1.49. The molecule has 0 aliphatic carbocycles. The van der Waals surface area contributed by atoms with Crippen LogP contribution in [0.1, 0.15) is 24.5 Å². The summed E-state index contributed by atoms with van der Waals surface area (Å²) in [5.41, 5.74) is 2.16. The van der Waals surface area contributed by atoms with Crippen LogP contribution >= 0.6 is 15.9 Å². The number of carbonyl (C=O) groups is 1. The van der Waals surface area contributed by atoms with Crippen molar-refractivity contribution in [1.82, 2.24) is 14.8 Å². The zero-order valence-corrected chi connectivity index (χ0v) is 15.4. The second-order valence-electron chi connectivity index (χ2n) is 5.61. The molecule has 0 fully saturated rings. The highest BCUT2D eigenvalue weighted by molar-refractivity contribution is 9.10. The number of nitrogens with one attached hydrogen (secondary N) is 1. The first-order chi connectivity index (χ1) is 12.0. The molecular weight excluding hydrogens is 382 g/mol. The molecule has 1 amide bonds. The lowest BCUT2D eigenvalue weighted by Gasteiger charge is -2.12. The number of alkyl halides is 1. The Morgan fingerprint density at radius 3 is 2.92 bits per heavy atom. The maximum absolute atomic E-state index is 12.2. The largest absolute Gasteiger partial charge is 0.308 e. The first-order valence-electron chi connectivity index (χ1n) is 7.85. The zero-order valence-electron chi connectivity index (χ0n) is 13.8. The third-order valence-corrected chi connectivity index (χ3v) is 4.96. The minimum atomic E-state index is -0.339. The second kappa shape index (κ2) is 7.03. The van der Waals surface area contributed by atoms with E-state index in [1.54, 1.807) is 0 Å². The number of fused-ring (bicyclic) bond motifs is 1. The van der Waals surface area contributed by atoms with Gasteiger partial charge in [0.25, 0.3) is 0 Å². The van der Waals surface area contributed by atoms with Crippen LogP contribution in [0.25, 0.3) is 16.7 Å². The smallest absolute Gasteiger partial charge is 0.239 e. The van der Waals surface area contributed by atoms with Crippen molar-refractivity contribution in [2.75, 3.05) is 5.32 Å². The molecule has 0 saturated carbocycles. The minimum Gasteiger partial charge on any atom is -0.308 e. The van der Waals surface area contributed by atoms with E-state index in [2.05, 4.69) is 37.4 Å². The van der Waals surface area contributed by atoms with Gasteiger partial charge in [-0.1, -0.05) is 41.1 Å². The van der Waals surface area contributed by atoms with Crippen LogP contribution in [0.4, 0.5) is 5.82 Å². The summed E-state index contributed by atoms with van der Waals surface area (Å²) in [5, 5.41) is 17.4. The lowest BCUT2D eigenvalue weighted by molar-refractivity contribution is -0.115. The van der Waals surface area contributed by atoms with E-state index in [9.17, 15) is 10.1 Å². The Morgan fingerprint density at radius 2 is 2.20 bits per heavy atom.